The van der Waals surface area contributed by atoms with Crippen LogP contribution in [0.1, 0.15) is 17.5 Å². The van der Waals surface area contributed by atoms with Gasteiger partial charge in [0.2, 0.25) is 0 Å². The number of hydrogen-bond donors (Lipinski definition) is 0. The summed E-state index contributed by atoms with van der Waals surface area (Å²) in [6.45, 7) is 0.733. The van der Waals surface area contributed by atoms with E-state index < -0.39 is 0 Å². The quantitative estimate of drug-likeness (QED) is 0.327. The second-order valence-corrected chi connectivity index (χ2v) is 7.59. The van der Waals surface area contributed by atoms with Crippen molar-refractivity contribution in [2.24, 2.45) is 5.92 Å². The van der Waals surface area contributed by atoms with Gasteiger partial charge in [-0.2, -0.15) is 0 Å². The average Bonchev–Trinajstić information content (AvgIpc) is 2.74. The molecule has 1 atom stereocenters. The van der Waals surface area contributed by atoms with Crippen LogP contribution >= 0.6 is 15.9 Å². The Morgan fingerprint density at radius 1 is 0.923 bits per heavy atom. The Balaban J connectivity index is 0.000000240. The Bertz CT molecular complexity index is 959. The van der Waals surface area contributed by atoms with Crippen LogP contribution in [0.25, 0.3) is 21.5 Å². The lowest BCUT2D eigenvalue weighted by Crippen LogP contribution is -2.15. The molecule has 1 aliphatic carbocycles. The lowest BCUT2D eigenvalue weighted by atomic mass is 9.82. The SMILES string of the molecule is BrCC1CCc2ccc3c(ccc4ccccc43)c2C1.C1=CCOC=C1. The third-order valence-electron chi connectivity index (χ3n) is 5.28. The first-order chi connectivity index (χ1) is 12.9. The number of allylic oxidation sites excluding steroid dienone is 2. The zero-order chi connectivity index (χ0) is 17.8. The average molecular weight is 407 g/mol. The fourth-order valence-corrected chi connectivity index (χ4v) is 4.45. The number of benzene rings is 3. The molecule has 1 unspecified atom stereocenters. The highest BCUT2D eigenvalue weighted by molar-refractivity contribution is 9.09. The van der Waals surface area contributed by atoms with Crippen molar-refractivity contribution >= 4 is 37.5 Å². The third-order valence-corrected chi connectivity index (χ3v) is 6.20. The molecule has 0 bridgehead atoms. The summed E-state index contributed by atoms with van der Waals surface area (Å²) in [7, 11) is 0. The van der Waals surface area contributed by atoms with Crippen molar-refractivity contribution in [2.45, 2.75) is 19.3 Å². The van der Waals surface area contributed by atoms with Crippen LogP contribution in [0.2, 0.25) is 0 Å². The van der Waals surface area contributed by atoms with Crippen molar-refractivity contribution in [2.75, 3.05) is 11.9 Å². The lowest BCUT2D eigenvalue weighted by Gasteiger charge is -2.24. The van der Waals surface area contributed by atoms with E-state index in [0.717, 1.165) is 17.9 Å². The molecule has 5 rings (SSSR count). The van der Waals surface area contributed by atoms with Gasteiger partial charge in [0.25, 0.3) is 0 Å². The molecule has 1 aliphatic heterocycles. The molecule has 0 saturated carbocycles. The summed E-state index contributed by atoms with van der Waals surface area (Å²) in [5.41, 5.74) is 3.15. The second-order valence-electron chi connectivity index (χ2n) is 6.94. The van der Waals surface area contributed by atoms with E-state index >= 15 is 0 Å². The predicted molar refractivity (Wildman–Crippen MR) is 115 cm³/mol. The van der Waals surface area contributed by atoms with Gasteiger partial charge in [0.05, 0.1) is 6.26 Å². The number of rotatable bonds is 1. The van der Waals surface area contributed by atoms with Crippen molar-refractivity contribution in [1.29, 1.82) is 0 Å². The second kappa shape index (κ2) is 8.09. The van der Waals surface area contributed by atoms with Crippen molar-refractivity contribution < 1.29 is 4.74 Å². The van der Waals surface area contributed by atoms with E-state index in [4.69, 9.17) is 4.74 Å². The summed E-state index contributed by atoms with van der Waals surface area (Å²) in [5.74, 6) is 0.791. The molecule has 2 aliphatic rings. The fraction of sp³-hybridized carbons (Fsp3) is 0.250. The van der Waals surface area contributed by atoms with Gasteiger partial charge in [-0.15, -0.1) is 0 Å². The summed E-state index contributed by atoms with van der Waals surface area (Å²) in [6.07, 6.45) is 11.2. The Labute approximate surface area is 163 Å². The molecule has 0 amide bonds. The molecule has 0 aromatic heterocycles. The summed E-state index contributed by atoms with van der Waals surface area (Å²) in [5, 5.41) is 6.72. The molecular formula is C24H23BrO. The van der Waals surface area contributed by atoms with Gasteiger partial charge in [0.1, 0.15) is 6.61 Å². The van der Waals surface area contributed by atoms with E-state index in [0.29, 0.717) is 0 Å². The van der Waals surface area contributed by atoms with Crippen molar-refractivity contribution in [3.63, 3.8) is 0 Å². The van der Waals surface area contributed by atoms with Gasteiger partial charge in [0.15, 0.2) is 0 Å². The molecule has 1 nitrogen and oxygen atoms in total. The highest BCUT2D eigenvalue weighted by Gasteiger charge is 2.19. The standard InChI is InChI=1S/C19H17Br.C5H6O/c20-12-13-5-6-15-8-9-17-16-4-2-1-3-14(16)7-10-18(17)19(15)11-13;1-2-4-6-5-3-1/h1-4,7-10,13H,5-6,11-12H2;1-4H,5H2. The van der Waals surface area contributed by atoms with Gasteiger partial charge in [-0.05, 0) is 70.0 Å². The smallest absolute Gasteiger partial charge is 0.106 e. The van der Waals surface area contributed by atoms with Gasteiger partial charge in [0, 0.05) is 5.33 Å². The Morgan fingerprint density at radius 3 is 2.54 bits per heavy atom. The lowest BCUT2D eigenvalue weighted by molar-refractivity contribution is 0.286. The van der Waals surface area contributed by atoms with Crippen molar-refractivity contribution in [3.05, 3.63) is 84.1 Å². The van der Waals surface area contributed by atoms with E-state index in [1.54, 1.807) is 17.4 Å². The van der Waals surface area contributed by atoms with Crippen LogP contribution in [0.5, 0.6) is 0 Å². The molecule has 0 N–H and O–H groups in total. The van der Waals surface area contributed by atoms with E-state index in [-0.39, 0.29) is 0 Å². The molecule has 132 valence electrons. The number of hydrogen-bond acceptors (Lipinski definition) is 1. The number of alkyl halides is 1. The first kappa shape index (κ1) is 17.4. The maximum absolute atomic E-state index is 4.80. The van der Waals surface area contributed by atoms with Crippen LogP contribution in [0.15, 0.2) is 73.0 Å². The minimum Gasteiger partial charge on any atom is -0.497 e. The zero-order valence-corrected chi connectivity index (χ0v) is 16.4. The topological polar surface area (TPSA) is 9.23 Å². The minimum atomic E-state index is 0.733. The highest BCUT2D eigenvalue weighted by atomic mass is 79.9. The van der Waals surface area contributed by atoms with E-state index in [2.05, 4.69) is 64.5 Å². The van der Waals surface area contributed by atoms with E-state index in [1.165, 1.54) is 40.8 Å². The van der Waals surface area contributed by atoms with Gasteiger partial charge in [-0.1, -0.05) is 70.5 Å². The number of ether oxygens (including phenoxy) is 1. The largest absolute Gasteiger partial charge is 0.497 e. The van der Waals surface area contributed by atoms with Crippen LogP contribution < -0.4 is 0 Å². The summed E-state index contributed by atoms with van der Waals surface area (Å²) in [4.78, 5) is 0. The molecule has 0 spiro atoms. The maximum Gasteiger partial charge on any atom is 0.106 e. The molecule has 1 heterocycles. The molecule has 0 saturated heterocycles. The molecular weight excluding hydrogens is 384 g/mol. The highest BCUT2D eigenvalue weighted by Crippen LogP contribution is 2.35. The van der Waals surface area contributed by atoms with Gasteiger partial charge in [-0.25, -0.2) is 0 Å². The van der Waals surface area contributed by atoms with Gasteiger partial charge < -0.3 is 4.74 Å². The Morgan fingerprint density at radius 2 is 1.81 bits per heavy atom. The normalized spacial score (nSPS) is 18.1. The Hall–Kier alpha value is -2.06. The first-order valence-corrected chi connectivity index (χ1v) is 10.4. The summed E-state index contributed by atoms with van der Waals surface area (Å²) >= 11 is 3.67. The number of halogens is 1. The minimum absolute atomic E-state index is 0.733. The van der Waals surface area contributed by atoms with Gasteiger partial charge in [-0.3, -0.25) is 0 Å². The van der Waals surface area contributed by atoms with Crippen LogP contribution in [0.4, 0.5) is 0 Å². The predicted octanol–water partition coefficient (Wildman–Crippen LogP) is 6.58. The summed E-state index contributed by atoms with van der Waals surface area (Å²) in [6, 6.07) is 18.0. The van der Waals surface area contributed by atoms with Crippen LogP contribution in [0.3, 0.4) is 0 Å². The summed E-state index contributed by atoms with van der Waals surface area (Å²) < 4.78 is 4.80. The fourth-order valence-electron chi connectivity index (χ4n) is 3.90. The van der Waals surface area contributed by atoms with Crippen molar-refractivity contribution in [1.82, 2.24) is 0 Å². The van der Waals surface area contributed by atoms with Crippen LogP contribution in [-0.2, 0) is 17.6 Å². The van der Waals surface area contributed by atoms with Gasteiger partial charge >= 0.3 is 0 Å². The molecule has 0 fully saturated rings. The number of aryl methyl sites for hydroxylation is 1. The van der Waals surface area contributed by atoms with Crippen molar-refractivity contribution in [3.8, 4) is 0 Å². The van der Waals surface area contributed by atoms with E-state index in [1.807, 2.05) is 18.2 Å². The third kappa shape index (κ3) is 3.57. The van der Waals surface area contributed by atoms with E-state index in [9.17, 15) is 0 Å². The zero-order valence-electron chi connectivity index (χ0n) is 14.8. The molecule has 3 aromatic rings. The number of fused-ring (bicyclic) bond motifs is 5. The molecule has 26 heavy (non-hydrogen) atoms. The monoisotopic (exact) mass is 406 g/mol. The molecule has 2 heteroatoms. The molecule has 3 aromatic carbocycles. The Kier molecular flexibility index (Phi) is 5.40. The van der Waals surface area contributed by atoms with Crippen LogP contribution in [0, 0.1) is 5.92 Å². The maximum atomic E-state index is 4.80. The first-order valence-electron chi connectivity index (χ1n) is 9.28. The van der Waals surface area contributed by atoms with Crippen LogP contribution in [-0.4, -0.2) is 11.9 Å². The molecule has 0 radical (unpaired) electrons.